The predicted octanol–water partition coefficient (Wildman–Crippen LogP) is 5.17. The lowest BCUT2D eigenvalue weighted by molar-refractivity contribution is 0.0953. The van der Waals surface area contributed by atoms with Crippen LogP contribution >= 0.6 is 11.6 Å². The molecule has 2 fully saturated rings. The van der Waals surface area contributed by atoms with E-state index in [4.69, 9.17) is 16.3 Å². The highest BCUT2D eigenvalue weighted by Crippen LogP contribution is 2.26. The average Bonchev–Trinajstić information content (AvgIpc) is 2.63. The largest absolute Gasteiger partial charge is 0.490 e. The lowest BCUT2D eigenvalue weighted by Crippen LogP contribution is -2.34. The minimum atomic E-state index is -0.111. The number of amides is 1. The highest BCUT2D eigenvalue weighted by molar-refractivity contribution is 6.33. The van der Waals surface area contributed by atoms with Gasteiger partial charge in [-0.05, 0) is 62.9 Å². The van der Waals surface area contributed by atoms with Crippen molar-refractivity contribution in [3.8, 4) is 5.75 Å². The summed E-state index contributed by atoms with van der Waals surface area (Å²) in [5, 5.41) is 6.87. The normalized spacial score (nSPS) is 18.8. The molecular formula is C23H34ClN2O2. The van der Waals surface area contributed by atoms with Gasteiger partial charge in [-0.15, -0.1) is 0 Å². The second-order valence-electron chi connectivity index (χ2n) is 7.41. The topological polar surface area (TPSA) is 50.4 Å². The summed E-state index contributed by atoms with van der Waals surface area (Å²) < 4.78 is 6.04. The first kappa shape index (κ1) is 24.8. The Hall–Kier alpha value is -1.26. The number of piperidine rings is 1. The van der Waals surface area contributed by atoms with Gasteiger partial charge in [0.15, 0.2) is 0 Å². The van der Waals surface area contributed by atoms with Gasteiger partial charge < -0.3 is 15.4 Å². The van der Waals surface area contributed by atoms with Gasteiger partial charge in [0, 0.05) is 6.54 Å². The minimum Gasteiger partial charge on any atom is -0.490 e. The molecule has 1 aromatic carbocycles. The van der Waals surface area contributed by atoms with E-state index in [9.17, 15) is 4.79 Å². The Morgan fingerprint density at radius 3 is 2.39 bits per heavy atom. The van der Waals surface area contributed by atoms with Crippen molar-refractivity contribution in [2.45, 2.75) is 63.9 Å². The highest BCUT2D eigenvalue weighted by atomic mass is 35.5. The Balaban J connectivity index is 0.00000196. The van der Waals surface area contributed by atoms with E-state index in [1.54, 1.807) is 12.1 Å². The van der Waals surface area contributed by atoms with Gasteiger partial charge in [-0.25, -0.2) is 0 Å². The molecule has 0 spiro atoms. The molecule has 1 aromatic rings. The maximum Gasteiger partial charge on any atom is 0.252 e. The van der Waals surface area contributed by atoms with Crippen LogP contribution in [0.15, 0.2) is 18.2 Å². The lowest BCUT2D eigenvalue weighted by Gasteiger charge is -2.24. The van der Waals surface area contributed by atoms with Gasteiger partial charge in [-0.1, -0.05) is 58.6 Å². The van der Waals surface area contributed by atoms with Crippen LogP contribution in [0.5, 0.6) is 5.75 Å². The molecule has 2 N–H and O–H groups in total. The molecule has 1 aliphatic heterocycles. The van der Waals surface area contributed by atoms with E-state index in [-0.39, 0.29) is 26.9 Å². The summed E-state index contributed by atoms with van der Waals surface area (Å²) in [7, 11) is 0. The fourth-order valence-electron chi connectivity index (χ4n) is 3.74. The third-order valence-electron chi connectivity index (χ3n) is 5.33. The number of hydrogen-bond acceptors (Lipinski definition) is 3. The van der Waals surface area contributed by atoms with Crippen molar-refractivity contribution in [3.05, 3.63) is 49.6 Å². The fraction of sp³-hybridized carbons (Fsp3) is 0.565. The summed E-state index contributed by atoms with van der Waals surface area (Å²) in [6.45, 7) is 2.61. The van der Waals surface area contributed by atoms with Crippen molar-refractivity contribution >= 4 is 17.5 Å². The molecule has 5 heteroatoms. The number of carbonyl (C=O) groups is 1. The smallest absolute Gasteiger partial charge is 0.252 e. The molecule has 1 heterocycles. The summed E-state index contributed by atoms with van der Waals surface area (Å²) in [6.07, 6.45) is 10.9. The first-order valence-electron chi connectivity index (χ1n) is 10.0. The second kappa shape index (κ2) is 13.1. The molecule has 0 unspecified atom stereocenters. The molecule has 3 rings (SSSR count). The van der Waals surface area contributed by atoms with Crippen molar-refractivity contribution in [1.82, 2.24) is 10.6 Å². The van der Waals surface area contributed by atoms with Gasteiger partial charge in [-0.2, -0.15) is 0 Å². The van der Waals surface area contributed by atoms with Crippen LogP contribution in [0.1, 0.15) is 68.1 Å². The third kappa shape index (κ3) is 7.63. The van der Waals surface area contributed by atoms with Gasteiger partial charge in [0.1, 0.15) is 11.9 Å². The number of benzene rings is 1. The van der Waals surface area contributed by atoms with Crippen molar-refractivity contribution in [2.24, 2.45) is 0 Å². The third-order valence-corrected chi connectivity index (χ3v) is 5.66. The SMILES string of the molecule is O=C(NC[C]1CCCCCCC1)c1cc(OC2CCNCC2)ccc1Cl.[CH2].[CH2]. The molecular weight excluding hydrogens is 372 g/mol. The standard InChI is InChI=1S/C21H30ClN2O2.2CH2/c22-20-9-8-18(26-17-10-12-23-13-11-17)14-19(20)21(25)24-15-16-6-4-2-1-3-5-7-16;;/h8-9,14,17,23H,1-7,10-13,15H2,(H,24,25);2*1H2. The number of nitrogens with one attached hydrogen (secondary N) is 2. The second-order valence-corrected chi connectivity index (χ2v) is 7.82. The first-order valence-corrected chi connectivity index (χ1v) is 10.4. The molecule has 0 aromatic heterocycles. The van der Waals surface area contributed by atoms with E-state index < -0.39 is 0 Å². The van der Waals surface area contributed by atoms with Crippen LogP contribution in [-0.2, 0) is 0 Å². The van der Waals surface area contributed by atoms with Crippen molar-refractivity contribution in [3.63, 3.8) is 0 Å². The van der Waals surface area contributed by atoms with E-state index in [1.807, 2.05) is 6.07 Å². The molecule has 2 aliphatic rings. The Morgan fingerprint density at radius 2 is 1.71 bits per heavy atom. The van der Waals surface area contributed by atoms with Gasteiger partial charge in [0.25, 0.3) is 5.91 Å². The van der Waals surface area contributed by atoms with Crippen LogP contribution in [-0.4, -0.2) is 31.6 Å². The van der Waals surface area contributed by atoms with E-state index in [1.165, 1.54) is 38.0 Å². The number of ether oxygens (including phenoxy) is 1. The van der Waals surface area contributed by atoms with E-state index in [0.717, 1.165) is 44.5 Å². The van der Waals surface area contributed by atoms with Crippen LogP contribution in [0.25, 0.3) is 0 Å². The first-order chi connectivity index (χ1) is 12.7. The maximum atomic E-state index is 12.6. The molecule has 0 atom stereocenters. The van der Waals surface area contributed by atoms with Gasteiger partial charge in [0.2, 0.25) is 0 Å². The van der Waals surface area contributed by atoms with Gasteiger partial charge >= 0.3 is 0 Å². The quantitative estimate of drug-likeness (QED) is 0.710. The number of carbonyl (C=O) groups excluding carboxylic acids is 1. The van der Waals surface area contributed by atoms with Crippen molar-refractivity contribution in [2.75, 3.05) is 19.6 Å². The Bertz CT molecular complexity index is 580. The van der Waals surface area contributed by atoms with Crippen LogP contribution in [0.3, 0.4) is 0 Å². The van der Waals surface area contributed by atoms with Gasteiger partial charge in [-0.3, -0.25) is 4.79 Å². The van der Waals surface area contributed by atoms with Crippen LogP contribution in [0.2, 0.25) is 5.02 Å². The van der Waals surface area contributed by atoms with Crippen molar-refractivity contribution in [1.29, 1.82) is 0 Å². The predicted molar refractivity (Wildman–Crippen MR) is 117 cm³/mol. The van der Waals surface area contributed by atoms with E-state index in [0.29, 0.717) is 17.1 Å². The van der Waals surface area contributed by atoms with Crippen LogP contribution < -0.4 is 15.4 Å². The Morgan fingerprint density at radius 1 is 1.07 bits per heavy atom. The highest BCUT2D eigenvalue weighted by Gasteiger charge is 2.18. The number of halogens is 1. The molecule has 1 amide bonds. The zero-order valence-corrected chi connectivity index (χ0v) is 17.7. The monoisotopic (exact) mass is 405 g/mol. The zero-order chi connectivity index (χ0) is 18.2. The minimum absolute atomic E-state index is 0. The molecule has 155 valence electrons. The molecule has 1 aliphatic carbocycles. The summed E-state index contributed by atoms with van der Waals surface area (Å²) in [6, 6.07) is 5.39. The summed E-state index contributed by atoms with van der Waals surface area (Å²) in [4.78, 5) is 12.6. The summed E-state index contributed by atoms with van der Waals surface area (Å²) in [5.74, 6) is 2.07. The molecule has 28 heavy (non-hydrogen) atoms. The van der Waals surface area contributed by atoms with E-state index >= 15 is 0 Å². The number of rotatable bonds is 5. The Kier molecular flexibility index (Phi) is 11.6. The maximum absolute atomic E-state index is 12.6. The van der Waals surface area contributed by atoms with Gasteiger partial charge in [0.05, 0.1) is 10.6 Å². The summed E-state index contributed by atoms with van der Waals surface area (Å²) >= 11 is 6.27. The Labute approximate surface area is 176 Å². The zero-order valence-electron chi connectivity index (χ0n) is 16.9. The fourth-order valence-corrected chi connectivity index (χ4v) is 3.94. The van der Waals surface area contributed by atoms with Crippen LogP contribution in [0, 0.1) is 20.8 Å². The lowest BCUT2D eigenvalue weighted by atomic mass is 9.91. The average molecular weight is 406 g/mol. The van der Waals surface area contributed by atoms with Crippen LogP contribution in [0.4, 0.5) is 0 Å². The molecule has 1 saturated carbocycles. The molecule has 5 radical (unpaired) electrons. The number of hydrogen-bond donors (Lipinski definition) is 2. The molecule has 1 saturated heterocycles. The molecule has 4 nitrogen and oxygen atoms in total. The van der Waals surface area contributed by atoms with E-state index in [2.05, 4.69) is 10.6 Å². The summed E-state index contributed by atoms with van der Waals surface area (Å²) in [5.41, 5.74) is 0.504. The van der Waals surface area contributed by atoms with Crippen molar-refractivity contribution < 1.29 is 9.53 Å². The molecule has 0 bridgehead atoms.